The summed E-state index contributed by atoms with van der Waals surface area (Å²) in [5.74, 6) is -0.108. The predicted molar refractivity (Wildman–Crippen MR) is 70.1 cm³/mol. The van der Waals surface area contributed by atoms with Gasteiger partial charge in [-0.3, -0.25) is 0 Å². The molecule has 0 bridgehead atoms. The summed E-state index contributed by atoms with van der Waals surface area (Å²) in [5, 5.41) is 9.09. The first-order valence-electron chi connectivity index (χ1n) is 5.90. The Morgan fingerprint density at radius 3 is 2.65 bits per heavy atom. The molecule has 5 heteroatoms. The minimum atomic E-state index is -1.27. The molecule has 17 heavy (non-hydrogen) atoms. The maximum absolute atomic E-state index is 9.09. The minimum absolute atomic E-state index is 0.108. The molecule has 2 atom stereocenters. The molecule has 0 fully saturated rings. The van der Waals surface area contributed by atoms with E-state index in [-0.39, 0.29) is 11.6 Å². The highest BCUT2D eigenvalue weighted by Gasteiger charge is 2.24. The molecule has 0 aliphatic heterocycles. The highest BCUT2D eigenvalue weighted by atomic mass is 28.3. The molecule has 0 N–H and O–H groups in total. The number of rotatable bonds is 6. The van der Waals surface area contributed by atoms with Crippen molar-refractivity contribution in [2.24, 2.45) is 5.92 Å². The average molecular weight is 251 g/mol. The Kier molecular flexibility index (Phi) is 4.91. The van der Waals surface area contributed by atoms with Crippen molar-refractivity contribution >= 4 is 8.07 Å². The van der Waals surface area contributed by atoms with Crippen molar-refractivity contribution in [2.75, 3.05) is 6.61 Å². The van der Waals surface area contributed by atoms with Gasteiger partial charge in [-0.15, -0.1) is 0 Å². The molecule has 4 nitrogen and oxygen atoms in total. The molecule has 0 aromatic carbocycles. The zero-order valence-electron chi connectivity index (χ0n) is 11.1. The van der Waals surface area contributed by atoms with Gasteiger partial charge in [0.1, 0.15) is 0 Å². The van der Waals surface area contributed by atoms with Crippen LogP contribution >= 0.6 is 0 Å². The Labute approximate surface area is 104 Å². The summed E-state index contributed by atoms with van der Waals surface area (Å²) in [7, 11) is -1.27. The minimum Gasteiger partial charge on any atom is -0.380 e. The molecule has 1 heterocycles. The third-order valence-electron chi connectivity index (χ3n) is 2.94. The van der Waals surface area contributed by atoms with Gasteiger partial charge in [0.15, 0.2) is 0 Å². The van der Waals surface area contributed by atoms with Crippen LogP contribution in [0.15, 0.2) is 18.7 Å². The van der Waals surface area contributed by atoms with Crippen LogP contribution in [0.2, 0.25) is 19.6 Å². The lowest BCUT2D eigenvalue weighted by Gasteiger charge is -2.26. The fourth-order valence-corrected chi connectivity index (χ4v) is 1.89. The van der Waals surface area contributed by atoms with Crippen molar-refractivity contribution in [2.45, 2.75) is 38.8 Å². The van der Waals surface area contributed by atoms with E-state index >= 15 is 0 Å². The van der Waals surface area contributed by atoms with Gasteiger partial charge in [-0.25, -0.2) is 4.98 Å². The van der Waals surface area contributed by atoms with E-state index in [1.54, 1.807) is 12.5 Å². The summed E-state index contributed by atoms with van der Waals surface area (Å²) in [6.07, 6.45) is 5.32. The van der Waals surface area contributed by atoms with Crippen LogP contribution < -0.4 is 0 Å². The summed E-state index contributed by atoms with van der Waals surface area (Å²) >= 11 is 0. The van der Waals surface area contributed by atoms with Gasteiger partial charge in [-0.1, -0.05) is 19.6 Å². The number of hydrogen-bond acceptors (Lipinski definition) is 3. The van der Waals surface area contributed by atoms with Crippen LogP contribution in [0.5, 0.6) is 0 Å². The third kappa shape index (κ3) is 4.71. The molecule has 0 aliphatic carbocycles. The van der Waals surface area contributed by atoms with E-state index in [0.717, 1.165) is 0 Å². The number of ether oxygens (including phenoxy) is 1. The van der Waals surface area contributed by atoms with Crippen molar-refractivity contribution < 1.29 is 4.74 Å². The quantitative estimate of drug-likeness (QED) is 0.729. The standard InChI is InChI=1S/C12H21N3OSi/c1-11(17(2,3)4)16-9-12(7-13)8-15-6-5-14-10-15/h5-6,10-12H,8-9H2,1-4H3. The van der Waals surface area contributed by atoms with Gasteiger partial charge < -0.3 is 9.30 Å². The Morgan fingerprint density at radius 2 is 2.18 bits per heavy atom. The van der Waals surface area contributed by atoms with Crippen molar-refractivity contribution in [3.05, 3.63) is 18.7 Å². The lowest BCUT2D eigenvalue weighted by molar-refractivity contribution is 0.0887. The molecule has 0 aliphatic rings. The first kappa shape index (κ1) is 13.9. The first-order chi connectivity index (χ1) is 7.93. The molecule has 1 aromatic heterocycles. The Morgan fingerprint density at radius 1 is 1.47 bits per heavy atom. The topological polar surface area (TPSA) is 50.8 Å². The predicted octanol–water partition coefficient (Wildman–Crippen LogP) is 2.31. The molecule has 0 spiro atoms. The molecule has 2 unspecified atom stereocenters. The molecule has 0 amide bonds. The molecule has 0 saturated carbocycles. The molecular weight excluding hydrogens is 230 g/mol. The van der Waals surface area contributed by atoms with E-state index < -0.39 is 8.07 Å². The van der Waals surface area contributed by atoms with Crippen LogP contribution in [0.3, 0.4) is 0 Å². The zero-order chi connectivity index (χ0) is 12.9. The van der Waals surface area contributed by atoms with Crippen LogP contribution in [0.1, 0.15) is 6.92 Å². The van der Waals surface area contributed by atoms with Crippen LogP contribution in [0, 0.1) is 17.2 Å². The molecule has 94 valence electrons. The van der Waals surface area contributed by atoms with E-state index in [4.69, 9.17) is 10.00 Å². The maximum Gasteiger partial charge on any atom is 0.0946 e. The van der Waals surface area contributed by atoms with Crippen LogP contribution in [0.25, 0.3) is 0 Å². The Balaban J connectivity index is 2.41. The number of imidazole rings is 1. The number of hydrogen-bond donors (Lipinski definition) is 0. The lowest BCUT2D eigenvalue weighted by atomic mass is 10.2. The van der Waals surface area contributed by atoms with Gasteiger partial charge in [-0.2, -0.15) is 5.26 Å². The first-order valence-corrected chi connectivity index (χ1v) is 9.48. The second-order valence-electron chi connectivity index (χ2n) is 5.43. The van der Waals surface area contributed by atoms with E-state index in [1.165, 1.54) is 0 Å². The highest BCUT2D eigenvalue weighted by Crippen LogP contribution is 2.12. The summed E-state index contributed by atoms with van der Waals surface area (Å²) in [6.45, 7) is 10.1. The Bertz CT molecular complexity index is 364. The SMILES string of the molecule is CC(OCC(C#N)Cn1ccnc1)[Si](C)(C)C. The number of nitrogens with zero attached hydrogens (tertiary/aromatic N) is 3. The van der Waals surface area contributed by atoms with E-state index in [9.17, 15) is 0 Å². The number of aromatic nitrogens is 2. The fraction of sp³-hybridized carbons (Fsp3) is 0.667. The molecule has 0 radical (unpaired) electrons. The van der Waals surface area contributed by atoms with Crippen LogP contribution in [-0.4, -0.2) is 30.0 Å². The monoisotopic (exact) mass is 251 g/mol. The highest BCUT2D eigenvalue weighted by molar-refractivity contribution is 6.77. The van der Waals surface area contributed by atoms with Gasteiger partial charge in [0, 0.05) is 24.7 Å². The number of nitriles is 1. The molecule has 1 rings (SSSR count). The van der Waals surface area contributed by atoms with Gasteiger partial charge in [0.25, 0.3) is 0 Å². The van der Waals surface area contributed by atoms with Gasteiger partial charge in [0.05, 0.1) is 33.0 Å². The second kappa shape index (κ2) is 5.99. The largest absolute Gasteiger partial charge is 0.380 e. The maximum atomic E-state index is 9.09. The normalized spacial score (nSPS) is 15.2. The van der Waals surface area contributed by atoms with Crippen molar-refractivity contribution in [3.63, 3.8) is 0 Å². The molecular formula is C12H21N3OSi. The van der Waals surface area contributed by atoms with Crippen molar-refractivity contribution in [3.8, 4) is 6.07 Å². The average Bonchev–Trinajstić information content (AvgIpc) is 2.74. The molecule has 1 aromatic rings. The van der Waals surface area contributed by atoms with Gasteiger partial charge >= 0.3 is 0 Å². The van der Waals surface area contributed by atoms with Crippen molar-refractivity contribution in [1.82, 2.24) is 9.55 Å². The summed E-state index contributed by atoms with van der Waals surface area (Å²) in [4.78, 5) is 3.96. The van der Waals surface area contributed by atoms with Crippen molar-refractivity contribution in [1.29, 1.82) is 5.26 Å². The smallest absolute Gasteiger partial charge is 0.0946 e. The summed E-state index contributed by atoms with van der Waals surface area (Å²) in [6, 6.07) is 2.29. The van der Waals surface area contributed by atoms with Gasteiger partial charge in [-0.05, 0) is 6.92 Å². The lowest BCUT2D eigenvalue weighted by Crippen LogP contribution is -2.39. The second-order valence-corrected chi connectivity index (χ2v) is 11.0. The van der Waals surface area contributed by atoms with Crippen LogP contribution in [0.4, 0.5) is 0 Å². The zero-order valence-corrected chi connectivity index (χ0v) is 12.1. The summed E-state index contributed by atoms with van der Waals surface area (Å²) in [5.41, 5.74) is 0.279. The van der Waals surface area contributed by atoms with Gasteiger partial charge in [0.2, 0.25) is 0 Å². The molecule has 0 saturated heterocycles. The van der Waals surface area contributed by atoms with E-state index in [0.29, 0.717) is 13.2 Å². The third-order valence-corrected chi connectivity index (χ3v) is 5.55. The summed E-state index contributed by atoms with van der Waals surface area (Å²) < 4.78 is 7.73. The fourth-order valence-electron chi connectivity index (χ4n) is 1.29. The van der Waals surface area contributed by atoms with E-state index in [1.807, 2.05) is 10.8 Å². The van der Waals surface area contributed by atoms with E-state index in [2.05, 4.69) is 37.6 Å². The van der Waals surface area contributed by atoms with Crippen LogP contribution in [-0.2, 0) is 11.3 Å². The Hall–Kier alpha value is -1.12.